The van der Waals surface area contributed by atoms with Gasteiger partial charge in [-0.05, 0) is 56.7 Å². The van der Waals surface area contributed by atoms with Crippen LogP contribution in [-0.4, -0.2) is 71.7 Å². The third-order valence-corrected chi connectivity index (χ3v) is 9.20. The Morgan fingerprint density at radius 1 is 0.794 bits per heavy atom. The summed E-state index contributed by atoms with van der Waals surface area (Å²) in [5.74, 6) is 2.02. The monoisotopic (exact) mass is 463 g/mol. The molecule has 184 valence electrons. The van der Waals surface area contributed by atoms with Gasteiger partial charge in [0.2, 0.25) is 0 Å². The van der Waals surface area contributed by atoms with E-state index in [9.17, 15) is 4.79 Å². The van der Waals surface area contributed by atoms with Crippen molar-refractivity contribution < 1.29 is 0 Å². The van der Waals surface area contributed by atoms with Crippen LogP contribution >= 0.6 is 0 Å². The summed E-state index contributed by atoms with van der Waals surface area (Å²) in [4.78, 5) is 26.4. The van der Waals surface area contributed by atoms with Gasteiger partial charge < -0.3 is 19.3 Å². The van der Waals surface area contributed by atoms with Gasteiger partial charge in [-0.2, -0.15) is 0 Å². The van der Waals surface area contributed by atoms with E-state index in [1.54, 1.807) is 0 Å². The first-order valence-corrected chi connectivity index (χ1v) is 13.9. The van der Waals surface area contributed by atoms with Gasteiger partial charge in [0.25, 0.3) is 5.56 Å². The van der Waals surface area contributed by atoms with E-state index in [4.69, 9.17) is 4.98 Å². The summed E-state index contributed by atoms with van der Waals surface area (Å²) in [5.41, 5.74) is 2.12. The highest BCUT2D eigenvalue weighted by Crippen LogP contribution is 2.34. The summed E-state index contributed by atoms with van der Waals surface area (Å²) in [7, 11) is 2.22. The molecule has 1 aromatic carbocycles. The van der Waals surface area contributed by atoms with Gasteiger partial charge in [-0.1, -0.05) is 44.2 Å². The van der Waals surface area contributed by atoms with E-state index in [1.165, 1.54) is 44.9 Å². The molecular weight excluding hydrogens is 422 g/mol. The maximum absolute atomic E-state index is 14.0. The molecule has 2 aromatic rings. The van der Waals surface area contributed by atoms with Crippen LogP contribution in [0.2, 0.25) is 0 Å². The molecule has 0 spiro atoms. The Labute approximate surface area is 203 Å². The van der Waals surface area contributed by atoms with Crippen molar-refractivity contribution >= 4 is 16.9 Å². The second-order valence-corrected chi connectivity index (χ2v) is 11.5. The van der Waals surface area contributed by atoms with Crippen LogP contribution in [0.3, 0.4) is 0 Å². The SMILES string of the molecule is CN1CC2CN(c3nc4ccccc4n(C4CCN(C5CCCCCCC5)CC4)c3=O)CC2C1. The van der Waals surface area contributed by atoms with Gasteiger partial charge in [-0.15, -0.1) is 0 Å². The summed E-state index contributed by atoms with van der Waals surface area (Å²) in [5, 5.41) is 0. The summed E-state index contributed by atoms with van der Waals surface area (Å²) in [6.45, 7) is 6.46. The molecule has 0 bridgehead atoms. The van der Waals surface area contributed by atoms with Crippen molar-refractivity contribution in [2.75, 3.05) is 51.2 Å². The van der Waals surface area contributed by atoms with Crippen molar-refractivity contribution in [2.45, 2.75) is 69.9 Å². The Balaban J connectivity index is 1.25. The Kier molecular flexibility index (Phi) is 6.37. The van der Waals surface area contributed by atoms with Crippen LogP contribution in [0.15, 0.2) is 29.1 Å². The number of nitrogens with zero attached hydrogens (tertiary/aromatic N) is 5. The molecule has 4 heterocycles. The average Bonchev–Trinajstić information content (AvgIpc) is 3.36. The Hall–Kier alpha value is -1.92. The van der Waals surface area contributed by atoms with Crippen molar-refractivity contribution in [1.29, 1.82) is 0 Å². The van der Waals surface area contributed by atoms with Crippen LogP contribution in [0.5, 0.6) is 0 Å². The number of aromatic nitrogens is 2. The molecule has 2 atom stereocenters. The maximum atomic E-state index is 14.0. The normalized spacial score (nSPS) is 28.3. The van der Waals surface area contributed by atoms with Crippen molar-refractivity contribution in [1.82, 2.24) is 19.4 Å². The highest BCUT2D eigenvalue weighted by molar-refractivity contribution is 5.76. The number of hydrogen-bond donors (Lipinski definition) is 0. The van der Waals surface area contributed by atoms with Gasteiger partial charge in [0.15, 0.2) is 5.82 Å². The Morgan fingerprint density at radius 2 is 1.44 bits per heavy atom. The quantitative estimate of drug-likeness (QED) is 0.684. The molecule has 3 saturated heterocycles. The van der Waals surface area contributed by atoms with E-state index >= 15 is 0 Å². The Bertz CT molecular complexity index is 1040. The lowest BCUT2D eigenvalue weighted by molar-refractivity contribution is 0.116. The molecule has 6 heteroatoms. The van der Waals surface area contributed by atoms with Crippen molar-refractivity contribution in [3.8, 4) is 0 Å². The number of piperidine rings is 1. The van der Waals surface area contributed by atoms with Crippen molar-refractivity contribution in [3.63, 3.8) is 0 Å². The number of fused-ring (bicyclic) bond motifs is 2. The first kappa shape index (κ1) is 22.5. The fourth-order valence-electron chi connectivity index (χ4n) is 7.42. The van der Waals surface area contributed by atoms with Crippen LogP contribution in [0.1, 0.15) is 63.8 Å². The van der Waals surface area contributed by atoms with Gasteiger partial charge in [0.1, 0.15) is 0 Å². The molecule has 1 saturated carbocycles. The maximum Gasteiger partial charge on any atom is 0.294 e. The lowest BCUT2D eigenvalue weighted by atomic mass is 9.93. The van der Waals surface area contributed by atoms with Crippen LogP contribution in [-0.2, 0) is 0 Å². The number of rotatable bonds is 3. The predicted octanol–water partition coefficient (Wildman–Crippen LogP) is 4.14. The van der Waals surface area contributed by atoms with Crippen LogP contribution in [0.25, 0.3) is 11.0 Å². The molecular formula is C28H41N5O. The molecule has 2 unspecified atom stereocenters. The van der Waals surface area contributed by atoms with Gasteiger partial charge >= 0.3 is 0 Å². The molecule has 1 aliphatic carbocycles. The van der Waals surface area contributed by atoms with Crippen molar-refractivity contribution in [3.05, 3.63) is 34.6 Å². The van der Waals surface area contributed by atoms with Crippen molar-refractivity contribution in [2.24, 2.45) is 11.8 Å². The Morgan fingerprint density at radius 3 is 2.15 bits per heavy atom. The fraction of sp³-hybridized carbons (Fsp3) is 0.714. The molecule has 0 radical (unpaired) electrons. The zero-order valence-electron chi connectivity index (χ0n) is 20.9. The summed E-state index contributed by atoms with van der Waals surface area (Å²) < 4.78 is 2.13. The third-order valence-electron chi connectivity index (χ3n) is 9.20. The van der Waals surface area contributed by atoms with E-state index in [-0.39, 0.29) is 11.6 Å². The highest BCUT2D eigenvalue weighted by Gasteiger charge is 2.40. The standard InChI is InChI=1S/C28H41N5O/c1-30-17-21-19-32(20-22(21)18-30)27-28(34)33(26-12-8-7-11-25(26)29-27)24-13-15-31(16-14-24)23-9-5-3-2-4-6-10-23/h7-8,11-12,21-24H,2-6,9-10,13-20H2,1H3. The summed E-state index contributed by atoms with van der Waals surface area (Å²) >= 11 is 0. The zero-order chi connectivity index (χ0) is 23.1. The predicted molar refractivity (Wildman–Crippen MR) is 139 cm³/mol. The number of benzene rings is 1. The molecule has 6 rings (SSSR count). The molecule has 4 fully saturated rings. The molecule has 0 N–H and O–H groups in total. The van der Waals surface area contributed by atoms with Gasteiger partial charge in [-0.3, -0.25) is 4.79 Å². The number of para-hydroxylation sites is 2. The van der Waals surface area contributed by atoms with Gasteiger partial charge in [0.05, 0.1) is 11.0 Å². The second-order valence-electron chi connectivity index (χ2n) is 11.5. The summed E-state index contributed by atoms with van der Waals surface area (Å²) in [6.07, 6.45) is 11.9. The van der Waals surface area contributed by atoms with E-state index in [0.29, 0.717) is 17.7 Å². The van der Waals surface area contributed by atoms with E-state index in [2.05, 4.69) is 50.6 Å². The van der Waals surface area contributed by atoms with Crippen LogP contribution in [0, 0.1) is 11.8 Å². The van der Waals surface area contributed by atoms with Gasteiger partial charge in [0, 0.05) is 51.4 Å². The topological polar surface area (TPSA) is 44.6 Å². The minimum Gasteiger partial charge on any atom is -0.351 e. The lowest BCUT2D eigenvalue weighted by Crippen LogP contribution is -2.44. The second kappa shape index (κ2) is 9.62. The molecule has 3 aliphatic heterocycles. The number of hydrogen-bond acceptors (Lipinski definition) is 5. The zero-order valence-corrected chi connectivity index (χ0v) is 20.9. The van der Waals surface area contributed by atoms with E-state index < -0.39 is 0 Å². The van der Waals surface area contributed by atoms with E-state index in [1.807, 2.05) is 0 Å². The largest absolute Gasteiger partial charge is 0.351 e. The highest BCUT2D eigenvalue weighted by atomic mass is 16.1. The minimum atomic E-state index is 0.136. The fourth-order valence-corrected chi connectivity index (χ4v) is 7.42. The first-order valence-electron chi connectivity index (χ1n) is 13.9. The smallest absolute Gasteiger partial charge is 0.294 e. The summed E-state index contributed by atoms with van der Waals surface area (Å²) in [6, 6.07) is 9.32. The molecule has 6 nitrogen and oxygen atoms in total. The molecule has 34 heavy (non-hydrogen) atoms. The first-order chi connectivity index (χ1) is 16.7. The lowest BCUT2D eigenvalue weighted by Gasteiger charge is -2.39. The van der Waals surface area contributed by atoms with E-state index in [0.717, 1.165) is 69.2 Å². The van der Waals surface area contributed by atoms with Crippen LogP contribution in [0.4, 0.5) is 5.82 Å². The number of anilines is 1. The van der Waals surface area contributed by atoms with Gasteiger partial charge in [-0.25, -0.2) is 4.98 Å². The average molecular weight is 464 g/mol. The van der Waals surface area contributed by atoms with Crippen LogP contribution < -0.4 is 10.5 Å². The third kappa shape index (κ3) is 4.28. The molecule has 1 aromatic heterocycles. The molecule has 0 amide bonds. The number of likely N-dealkylation sites (tertiary alicyclic amines) is 2. The minimum absolute atomic E-state index is 0.136. The molecule has 4 aliphatic rings.